The molecule has 0 radical (unpaired) electrons. The van der Waals surface area contributed by atoms with Crippen molar-refractivity contribution in [3.8, 4) is 0 Å². The molecule has 0 spiro atoms. The van der Waals surface area contributed by atoms with Crippen LogP contribution < -0.4 is 0 Å². The second kappa shape index (κ2) is 14.8. The van der Waals surface area contributed by atoms with Gasteiger partial charge in [0.25, 0.3) is 0 Å². The van der Waals surface area contributed by atoms with E-state index < -0.39 is 0 Å². The maximum Gasteiger partial charge on any atom is 0.0601 e. The molecule has 0 aliphatic rings. The van der Waals surface area contributed by atoms with Crippen molar-refractivity contribution in [1.82, 2.24) is 0 Å². The van der Waals surface area contributed by atoms with E-state index in [-0.39, 0.29) is 5.60 Å². The van der Waals surface area contributed by atoms with Gasteiger partial charge in [0.2, 0.25) is 0 Å². The predicted octanol–water partition coefficient (Wildman–Crippen LogP) is 5.46. The summed E-state index contributed by atoms with van der Waals surface area (Å²) >= 11 is 0. The molecule has 0 bridgehead atoms. The monoisotopic (exact) mass is 306 g/mol. The molecule has 0 aromatic rings. The lowest BCUT2D eigenvalue weighted by molar-refractivity contribution is -0.0424. The summed E-state index contributed by atoms with van der Waals surface area (Å²) in [6.45, 7) is 25.3. The van der Waals surface area contributed by atoms with Crippen LogP contribution in [0.3, 0.4) is 0 Å². The van der Waals surface area contributed by atoms with Crippen molar-refractivity contribution in [2.75, 3.05) is 6.61 Å². The standard InChI is InChI=1S/C7H16O.C6H14O.C5H12O/c1-6(2)8-7(3,4)5;1-5(2)7-6(3)4;1-4-6-5(2)3/h6H,1-5H3;5-6H,1-4H3;5H,4H2,1-3H3. The Kier molecular flexibility index (Phi) is 18.2. The van der Waals surface area contributed by atoms with Crippen molar-refractivity contribution in [1.29, 1.82) is 0 Å². The van der Waals surface area contributed by atoms with Crippen molar-refractivity contribution in [2.24, 2.45) is 0 Å². The average Bonchev–Trinajstić information content (AvgIpc) is 2.11. The summed E-state index contributed by atoms with van der Waals surface area (Å²) in [6, 6.07) is 0. The number of ether oxygens (including phenoxy) is 3. The fourth-order valence-corrected chi connectivity index (χ4v) is 1.58. The maximum atomic E-state index is 5.44. The van der Waals surface area contributed by atoms with Crippen molar-refractivity contribution in [2.45, 2.75) is 113 Å². The molecule has 3 nitrogen and oxygen atoms in total. The van der Waals surface area contributed by atoms with Crippen molar-refractivity contribution >= 4 is 0 Å². The molecule has 0 heterocycles. The van der Waals surface area contributed by atoms with E-state index in [1.54, 1.807) is 0 Å². The Bertz CT molecular complexity index is 185. The lowest BCUT2D eigenvalue weighted by Gasteiger charge is -2.22. The first kappa shape index (κ1) is 25.8. The Morgan fingerprint density at radius 3 is 1.05 bits per heavy atom. The Morgan fingerprint density at radius 2 is 1.05 bits per heavy atom. The molecule has 0 saturated carbocycles. The summed E-state index contributed by atoms with van der Waals surface area (Å²) in [5.41, 5.74) is 0.0220. The molecule has 0 fully saturated rings. The van der Waals surface area contributed by atoms with E-state index in [4.69, 9.17) is 14.2 Å². The smallest absolute Gasteiger partial charge is 0.0601 e. The van der Waals surface area contributed by atoms with E-state index in [2.05, 4.69) is 20.8 Å². The van der Waals surface area contributed by atoms with Crippen LogP contribution in [0.1, 0.15) is 83.1 Å². The second-order valence-corrected chi connectivity index (χ2v) is 7.02. The van der Waals surface area contributed by atoms with Crippen LogP contribution in [0.15, 0.2) is 0 Å². The maximum absolute atomic E-state index is 5.44. The number of hydrogen-bond acceptors (Lipinski definition) is 3. The zero-order valence-corrected chi connectivity index (χ0v) is 16.7. The normalized spacial score (nSPS) is 11.4. The van der Waals surface area contributed by atoms with Gasteiger partial charge in [0, 0.05) is 6.61 Å². The highest BCUT2D eigenvalue weighted by Crippen LogP contribution is 2.09. The number of rotatable bonds is 5. The van der Waals surface area contributed by atoms with Gasteiger partial charge in [-0.05, 0) is 83.1 Å². The Balaban J connectivity index is -0.000000234. The molecule has 0 atom stereocenters. The van der Waals surface area contributed by atoms with Gasteiger partial charge < -0.3 is 14.2 Å². The molecule has 0 rings (SSSR count). The number of hydrogen-bond donors (Lipinski definition) is 0. The molecule has 3 heteroatoms. The van der Waals surface area contributed by atoms with E-state index in [0.717, 1.165) is 6.61 Å². The van der Waals surface area contributed by atoms with Gasteiger partial charge in [-0.15, -0.1) is 0 Å². The fourth-order valence-electron chi connectivity index (χ4n) is 1.58. The van der Waals surface area contributed by atoms with E-state index in [0.29, 0.717) is 24.4 Å². The molecule has 0 unspecified atom stereocenters. The molecular formula is C18H42O3. The lowest BCUT2D eigenvalue weighted by Crippen LogP contribution is -2.23. The highest BCUT2D eigenvalue weighted by molar-refractivity contribution is 4.59. The van der Waals surface area contributed by atoms with Crippen LogP contribution in [0.5, 0.6) is 0 Å². The predicted molar refractivity (Wildman–Crippen MR) is 94.1 cm³/mol. The molecule has 0 amide bonds. The van der Waals surface area contributed by atoms with Crippen LogP contribution in [0, 0.1) is 0 Å². The summed E-state index contributed by atoms with van der Waals surface area (Å²) in [6.07, 6.45) is 1.49. The van der Waals surface area contributed by atoms with Gasteiger partial charge >= 0.3 is 0 Å². The molecular weight excluding hydrogens is 264 g/mol. The van der Waals surface area contributed by atoms with Gasteiger partial charge in [-0.1, -0.05) is 0 Å². The van der Waals surface area contributed by atoms with Crippen LogP contribution in [0.25, 0.3) is 0 Å². The fraction of sp³-hybridized carbons (Fsp3) is 1.00. The summed E-state index contributed by atoms with van der Waals surface area (Å²) < 4.78 is 15.7. The summed E-state index contributed by atoms with van der Waals surface area (Å²) in [7, 11) is 0. The zero-order valence-electron chi connectivity index (χ0n) is 16.7. The highest BCUT2D eigenvalue weighted by Gasteiger charge is 2.10. The quantitative estimate of drug-likeness (QED) is 0.675. The minimum Gasteiger partial charge on any atom is -0.379 e. The van der Waals surface area contributed by atoms with Crippen LogP contribution in [-0.2, 0) is 14.2 Å². The van der Waals surface area contributed by atoms with Gasteiger partial charge in [-0.2, -0.15) is 0 Å². The van der Waals surface area contributed by atoms with E-state index >= 15 is 0 Å². The Hall–Kier alpha value is -0.120. The Labute approximate surface area is 134 Å². The van der Waals surface area contributed by atoms with Crippen LogP contribution >= 0.6 is 0 Å². The van der Waals surface area contributed by atoms with Gasteiger partial charge in [-0.25, -0.2) is 0 Å². The van der Waals surface area contributed by atoms with E-state index in [1.807, 2.05) is 62.3 Å². The highest BCUT2D eigenvalue weighted by atomic mass is 16.5. The van der Waals surface area contributed by atoms with Crippen molar-refractivity contribution < 1.29 is 14.2 Å². The molecule has 0 N–H and O–H groups in total. The third kappa shape index (κ3) is 45.0. The first-order valence-corrected chi connectivity index (χ1v) is 8.26. The summed E-state index contributed by atoms with van der Waals surface area (Å²) in [4.78, 5) is 0. The third-order valence-electron chi connectivity index (χ3n) is 1.63. The topological polar surface area (TPSA) is 27.7 Å². The first-order valence-electron chi connectivity index (χ1n) is 8.26. The molecule has 0 aromatic heterocycles. The van der Waals surface area contributed by atoms with Crippen LogP contribution in [-0.4, -0.2) is 36.6 Å². The Morgan fingerprint density at radius 1 is 0.667 bits per heavy atom. The summed E-state index contributed by atoms with van der Waals surface area (Å²) in [5.74, 6) is 0. The zero-order chi connectivity index (χ0) is 17.6. The van der Waals surface area contributed by atoms with E-state index in [9.17, 15) is 0 Å². The van der Waals surface area contributed by atoms with E-state index in [1.165, 1.54) is 0 Å². The SMILES string of the molecule is CC(C)OC(C)(C)C.CC(C)OC(C)C.CCOC(C)C. The van der Waals surface area contributed by atoms with Crippen molar-refractivity contribution in [3.05, 3.63) is 0 Å². The molecule has 0 aromatic carbocycles. The van der Waals surface area contributed by atoms with Crippen LogP contribution in [0.4, 0.5) is 0 Å². The molecule has 21 heavy (non-hydrogen) atoms. The van der Waals surface area contributed by atoms with Crippen LogP contribution in [0.2, 0.25) is 0 Å². The molecule has 0 saturated heterocycles. The summed E-state index contributed by atoms with van der Waals surface area (Å²) in [5, 5.41) is 0. The van der Waals surface area contributed by atoms with Gasteiger partial charge in [0.15, 0.2) is 0 Å². The third-order valence-corrected chi connectivity index (χ3v) is 1.63. The second-order valence-electron chi connectivity index (χ2n) is 7.02. The van der Waals surface area contributed by atoms with Gasteiger partial charge in [-0.3, -0.25) is 0 Å². The lowest BCUT2D eigenvalue weighted by atomic mass is 10.2. The first-order chi connectivity index (χ1) is 9.31. The molecule has 0 aliphatic heterocycles. The minimum absolute atomic E-state index is 0.0220. The van der Waals surface area contributed by atoms with Gasteiger partial charge in [0.05, 0.1) is 30.0 Å². The van der Waals surface area contributed by atoms with Gasteiger partial charge in [0.1, 0.15) is 0 Å². The molecule has 132 valence electrons. The average molecular weight is 307 g/mol. The largest absolute Gasteiger partial charge is 0.379 e. The minimum atomic E-state index is 0.0220. The molecule has 0 aliphatic carbocycles. The van der Waals surface area contributed by atoms with Crippen molar-refractivity contribution in [3.63, 3.8) is 0 Å².